The minimum atomic E-state index is -1.94. The van der Waals surface area contributed by atoms with E-state index in [-0.39, 0.29) is 33.8 Å². The topological polar surface area (TPSA) is 224 Å². The second-order valence-corrected chi connectivity index (χ2v) is 7.66. The van der Waals surface area contributed by atoms with Crippen molar-refractivity contribution < 1.29 is 76.3 Å². The zero-order valence-electron chi connectivity index (χ0n) is 18.8. The number of aliphatic hydroxyl groups excluding tert-OH is 3. The molecule has 3 aromatic rings. The van der Waals surface area contributed by atoms with Crippen LogP contribution in [0.4, 0.5) is 0 Å². The summed E-state index contributed by atoms with van der Waals surface area (Å²) in [6, 6.07) is 10.8. The first-order valence-electron chi connectivity index (χ1n) is 10.3. The summed E-state index contributed by atoms with van der Waals surface area (Å²) in [7, 11) is 0. The number of aliphatic hydroxyl groups is 3. The molecule has 0 amide bonds. The van der Waals surface area contributed by atoms with Crippen molar-refractivity contribution in [3.8, 4) is 28.6 Å². The maximum Gasteiger partial charge on any atom is 0.335 e. The van der Waals surface area contributed by atoms with Crippen molar-refractivity contribution in [1.29, 1.82) is 0 Å². The molecule has 4 rings (SSSR count). The standard InChI is InChI=1S/C21H18O11.C2H4O2.Cu/c22-9-6-10(8-4-2-1-3-5-8)30-11-7-12(14(23)15(24)13(9)11)31-21-18(27)16(25)17(26)19(32-21)20(28)29;1-2(3)4;/h1-7,16-19,21,23-27H,(H,28,29);1H3,(H,3,4);. The van der Waals surface area contributed by atoms with E-state index in [9.17, 15) is 35.1 Å². The van der Waals surface area contributed by atoms with Gasteiger partial charge < -0.3 is 49.6 Å². The summed E-state index contributed by atoms with van der Waals surface area (Å²) < 4.78 is 16.0. The van der Waals surface area contributed by atoms with Gasteiger partial charge in [-0.05, 0) is 0 Å². The fraction of sp³-hybridized carbons (Fsp3) is 0.261. The van der Waals surface area contributed by atoms with Gasteiger partial charge in [0.25, 0.3) is 5.97 Å². The molecule has 0 aliphatic carbocycles. The van der Waals surface area contributed by atoms with Gasteiger partial charge in [-0.3, -0.25) is 9.59 Å². The molecule has 1 aliphatic heterocycles. The number of carboxylic acids is 2. The Morgan fingerprint density at radius 3 is 2.08 bits per heavy atom. The first kappa shape index (κ1) is 29.6. The molecule has 203 valence electrons. The number of carboxylic acid groups (broad SMARTS) is 2. The van der Waals surface area contributed by atoms with Crippen molar-refractivity contribution in [2.24, 2.45) is 0 Å². The van der Waals surface area contributed by atoms with Crippen LogP contribution in [0.15, 0.2) is 51.7 Å². The number of benzene rings is 2. The third kappa shape index (κ3) is 6.38. The van der Waals surface area contributed by atoms with Crippen LogP contribution in [0.5, 0.6) is 17.2 Å². The SMILES string of the molecule is CC(=O)O.O=C(O)C1OC(Oc2cc3oc(-c4ccccc4)cc(=O)c3c(O)c2O)C(O)C(O)C1O.[Cu]. The zero-order valence-corrected chi connectivity index (χ0v) is 19.8. The molecule has 5 atom stereocenters. The van der Waals surface area contributed by atoms with Crippen molar-refractivity contribution in [3.05, 3.63) is 52.7 Å². The number of rotatable bonds is 4. The Labute approximate surface area is 218 Å². The second-order valence-electron chi connectivity index (χ2n) is 7.66. The molecule has 37 heavy (non-hydrogen) atoms. The van der Waals surface area contributed by atoms with E-state index in [1.807, 2.05) is 0 Å². The Morgan fingerprint density at radius 2 is 1.51 bits per heavy atom. The molecule has 2 aromatic carbocycles. The van der Waals surface area contributed by atoms with Gasteiger partial charge >= 0.3 is 5.97 Å². The summed E-state index contributed by atoms with van der Waals surface area (Å²) in [5, 5.41) is 66.6. The summed E-state index contributed by atoms with van der Waals surface area (Å²) in [5.41, 5.74) is -0.265. The number of hydrogen-bond donors (Lipinski definition) is 7. The largest absolute Gasteiger partial charge is 0.504 e. The van der Waals surface area contributed by atoms with Crippen LogP contribution >= 0.6 is 0 Å². The molecule has 13 nitrogen and oxygen atoms in total. The van der Waals surface area contributed by atoms with E-state index in [4.69, 9.17) is 28.9 Å². The van der Waals surface area contributed by atoms with E-state index in [0.29, 0.717) is 5.56 Å². The second kappa shape index (κ2) is 12.1. The summed E-state index contributed by atoms with van der Waals surface area (Å²) in [4.78, 5) is 32.8. The van der Waals surface area contributed by atoms with Gasteiger partial charge in [0.1, 0.15) is 35.0 Å². The van der Waals surface area contributed by atoms with Gasteiger partial charge in [-0.15, -0.1) is 0 Å². The Hall–Kier alpha value is -3.65. The van der Waals surface area contributed by atoms with Gasteiger partial charge in [-0.2, -0.15) is 0 Å². The molecule has 1 radical (unpaired) electrons. The van der Waals surface area contributed by atoms with Crippen molar-refractivity contribution in [1.82, 2.24) is 0 Å². The molecule has 1 saturated heterocycles. The molecule has 7 N–H and O–H groups in total. The monoisotopic (exact) mass is 569 g/mol. The first-order chi connectivity index (χ1) is 16.9. The fourth-order valence-electron chi connectivity index (χ4n) is 3.38. The number of fused-ring (bicyclic) bond motifs is 1. The summed E-state index contributed by atoms with van der Waals surface area (Å²) in [5.74, 6) is -4.59. The van der Waals surface area contributed by atoms with Crippen molar-refractivity contribution in [2.75, 3.05) is 0 Å². The fourth-order valence-corrected chi connectivity index (χ4v) is 3.38. The minimum Gasteiger partial charge on any atom is -0.504 e. The van der Waals surface area contributed by atoms with Crippen molar-refractivity contribution in [2.45, 2.75) is 37.6 Å². The molecule has 0 saturated carbocycles. The maximum atomic E-state index is 12.5. The molecule has 0 spiro atoms. The van der Waals surface area contributed by atoms with Crippen LogP contribution in [-0.4, -0.2) is 78.4 Å². The van der Waals surface area contributed by atoms with E-state index in [2.05, 4.69) is 0 Å². The quantitative estimate of drug-likeness (QED) is 0.165. The summed E-state index contributed by atoms with van der Waals surface area (Å²) >= 11 is 0. The molecule has 5 unspecified atom stereocenters. The van der Waals surface area contributed by atoms with E-state index in [1.54, 1.807) is 30.3 Å². The zero-order chi connectivity index (χ0) is 26.7. The molecule has 2 heterocycles. The Kier molecular flexibility index (Phi) is 9.64. The van der Waals surface area contributed by atoms with Gasteiger partial charge in [-0.1, -0.05) is 30.3 Å². The van der Waals surface area contributed by atoms with Crippen LogP contribution in [0.1, 0.15) is 6.92 Å². The van der Waals surface area contributed by atoms with Crippen LogP contribution < -0.4 is 10.2 Å². The molecular weight excluding hydrogens is 548 g/mol. The number of phenols is 2. The average Bonchev–Trinajstić information content (AvgIpc) is 2.82. The smallest absolute Gasteiger partial charge is 0.335 e. The molecular formula is C23H22CuO13. The van der Waals surface area contributed by atoms with Gasteiger partial charge in [0.05, 0.1) is 0 Å². The van der Waals surface area contributed by atoms with Gasteiger partial charge in [0, 0.05) is 41.7 Å². The third-order valence-corrected chi connectivity index (χ3v) is 5.05. The summed E-state index contributed by atoms with van der Waals surface area (Å²) in [6.07, 6.45) is -9.56. The van der Waals surface area contributed by atoms with Crippen molar-refractivity contribution in [3.63, 3.8) is 0 Å². The first-order valence-corrected chi connectivity index (χ1v) is 10.3. The van der Waals surface area contributed by atoms with E-state index >= 15 is 0 Å². The molecule has 0 bridgehead atoms. The van der Waals surface area contributed by atoms with Crippen LogP contribution in [0.25, 0.3) is 22.3 Å². The van der Waals surface area contributed by atoms with Gasteiger partial charge in [0.15, 0.2) is 23.0 Å². The third-order valence-electron chi connectivity index (χ3n) is 5.05. The summed E-state index contributed by atoms with van der Waals surface area (Å²) in [6.45, 7) is 1.08. The molecule has 14 heteroatoms. The number of phenolic OH excluding ortho intramolecular Hbond substituents is 2. The molecule has 1 fully saturated rings. The predicted molar refractivity (Wildman–Crippen MR) is 120 cm³/mol. The Bertz CT molecular complexity index is 1320. The molecule has 1 aromatic heterocycles. The minimum absolute atomic E-state index is 0. The van der Waals surface area contributed by atoms with Crippen molar-refractivity contribution >= 4 is 22.9 Å². The van der Waals surface area contributed by atoms with E-state index in [0.717, 1.165) is 19.1 Å². The molecule has 1 aliphatic rings. The Balaban J connectivity index is 0.000000898. The van der Waals surface area contributed by atoms with Crippen LogP contribution in [0.2, 0.25) is 0 Å². The van der Waals surface area contributed by atoms with E-state index < -0.39 is 65.3 Å². The number of hydrogen-bond acceptors (Lipinski definition) is 11. The van der Waals surface area contributed by atoms with Gasteiger partial charge in [0.2, 0.25) is 12.0 Å². The number of aliphatic carboxylic acids is 2. The van der Waals surface area contributed by atoms with E-state index in [1.165, 1.54) is 0 Å². The van der Waals surface area contributed by atoms with Gasteiger partial charge in [-0.25, -0.2) is 4.79 Å². The van der Waals surface area contributed by atoms with Crippen LogP contribution in [0.3, 0.4) is 0 Å². The average molecular weight is 570 g/mol. The van der Waals surface area contributed by atoms with Crippen LogP contribution in [-0.2, 0) is 31.4 Å². The van der Waals surface area contributed by atoms with Crippen LogP contribution in [0, 0.1) is 0 Å². The Morgan fingerprint density at radius 1 is 0.919 bits per heavy atom. The number of carbonyl (C=O) groups is 2. The normalized spacial score (nSPS) is 22.8. The number of ether oxygens (including phenoxy) is 2. The predicted octanol–water partition coefficient (Wildman–Crippen LogP) is 0.231. The number of aromatic hydroxyl groups is 2. The maximum absolute atomic E-state index is 12.5.